The first-order valence-electron chi connectivity index (χ1n) is 3.58. The van der Waals surface area contributed by atoms with Gasteiger partial charge in [0.25, 0.3) is 0 Å². The summed E-state index contributed by atoms with van der Waals surface area (Å²) >= 11 is 0. The fourth-order valence-electron chi connectivity index (χ4n) is 0.879. The van der Waals surface area contributed by atoms with Crippen LogP contribution in [0.15, 0.2) is 36.4 Å². The Morgan fingerprint density at radius 2 is 2.08 bits per heavy atom. The molecule has 0 aliphatic heterocycles. The third-order valence-corrected chi connectivity index (χ3v) is 1.56. The van der Waals surface area contributed by atoms with Crippen LogP contribution in [0.3, 0.4) is 0 Å². The first-order chi connectivity index (χ1) is 6.16. The van der Waals surface area contributed by atoms with E-state index in [9.17, 15) is 9.90 Å². The zero-order valence-corrected chi connectivity index (χ0v) is 6.82. The van der Waals surface area contributed by atoms with Gasteiger partial charge in [-0.25, -0.2) is 0 Å². The summed E-state index contributed by atoms with van der Waals surface area (Å²) in [7, 11) is 0. The highest BCUT2D eigenvalue weighted by atomic mass is 16.3. The number of para-hydroxylation sites is 1. The van der Waals surface area contributed by atoms with E-state index in [0.717, 1.165) is 0 Å². The molecule has 0 fully saturated rings. The van der Waals surface area contributed by atoms with Gasteiger partial charge in [0.1, 0.15) is 11.8 Å². The van der Waals surface area contributed by atoms with Gasteiger partial charge in [-0.3, -0.25) is 4.79 Å². The molecule has 0 atom stereocenters. The predicted octanol–water partition coefficient (Wildman–Crippen LogP) is 1.65. The summed E-state index contributed by atoms with van der Waals surface area (Å²) < 4.78 is 0. The number of phenolic OH excluding ortho intramolecular Hbond substituents is 1. The van der Waals surface area contributed by atoms with Crippen LogP contribution in [0.2, 0.25) is 0 Å². The lowest BCUT2D eigenvalue weighted by Crippen LogP contribution is -2.00. The quantitative estimate of drug-likeness (QED) is 0.420. The highest BCUT2D eigenvalue weighted by Crippen LogP contribution is 2.18. The average Bonchev–Trinajstić information content (AvgIpc) is 2.16. The molecule has 3 heteroatoms. The summed E-state index contributed by atoms with van der Waals surface area (Å²) in [6.07, 6.45) is 0. The Morgan fingerprint density at radius 3 is 2.62 bits per heavy atom. The summed E-state index contributed by atoms with van der Waals surface area (Å²) in [6.45, 7) is 3.27. The maximum atomic E-state index is 11.3. The molecule has 1 N–H and O–H groups in total. The smallest absolute Gasteiger partial charge is 0.206 e. The van der Waals surface area contributed by atoms with Crippen molar-refractivity contribution in [3.63, 3.8) is 0 Å². The number of rotatable bonds is 2. The van der Waals surface area contributed by atoms with Crippen LogP contribution in [0.1, 0.15) is 10.4 Å². The number of carbonyl (C=O) groups is 1. The van der Waals surface area contributed by atoms with E-state index in [0.29, 0.717) is 0 Å². The van der Waals surface area contributed by atoms with E-state index in [1.54, 1.807) is 18.2 Å². The Morgan fingerprint density at radius 1 is 1.46 bits per heavy atom. The Kier molecular flexibility index (Phi) is 2.46. The molecule has 1 aromatic rings. The van der Waals surface area contributed by atoms with Gasteiger partial charge in [-0.1, -0.05) is 18.7 Å². The molecular formula is C10H7NO2. The highest BCUT2D eigenvalue weighted by Gasteiger charge is 2.12. The van der Waals surface area contributed by atoms with E-state index in [1.165, 1.54) is 12.1 Å². The molecule has 0 bridgehead atoms. The van der Waals surface area contributed by atoms with Gasteiger partial charge in [0, 0.05) is 0 Å². The van der Waals surface area contributed by atoms with Gasteiger partial charge in [-0.05, 0) is 12.1 Å². The minimum atomic E-state index is -0.541. The summed E-state index contributed by atoms with van der Waals surface area (Å²) in [6, 6.07) is 7.67. The molecule has 1 aromatic carbocycles. The second kappa shape index (κ2) is 3.55. The number of carbonyl (C=O) groups excluding carboxylic acids is 1. The van der Waals surface area contributed by atoms with Crippen molar-refractivity contribution >= 4 is 5.78 Å². The maximum absolute atomic E-state index is 11.3. The van der Waals surface area contributed by atoms with Crippen LogP contribution in [-0.2, 0) is 0 Å². The largest absolute Gasteiger partial charge is 0.507 e. The molecule has 0 saturated heterocycles. The molecule has 0 unspecified atom stereocenters. The number of aromatic hydroxyl groups is 1. The number of hydrogen-bond acceptors (Lipinski definition) is 3. The second-order valence-corrected chi connectivity index (χ2v) is 2.44. The second-order valence-electron chi connectivity index (χ2n) is 2.44. The molecule has 0 heterocycles. The molecule has 3 nitrogen and oxygen atoms in total. The van der Waals surface area contributed by atoms with Crippen molar-refractivity contribution in [3.8, 4) is 11.8 Å². The van der Waals surface area contributed by atoms with Crippen molar-refractivity contribution < 1.29 is 9.90 Å². The van der Waals surface area contributed by atoms with Gasteiger partial charge in [0.15, 0.2) is 0 Å². The molecule has 1 rings (SSSR count). The Labute approximate surface area is 75.5 Å². The standard InChI is InChI=1S/C10H7NO2/c1-7(6-11)10(13)8-4-2-3-5-9(8)12/h2-5,12H,1H2. The van der Waals surface area contributed by atoms with Crippen molar-refractivity contribution in [1.29, 1.82) is 5.26 Å². The number of phenols is 1. The van der Waals surface area contributed by atoms with E-state index in [4.69, 9.17) is 5.26 Å². The average molecular weight is 173 g/mol. The normalized spacial score (nSPS) is 8.85. The van der Waals surface area contributed by atoms with Crippen LogP contribution >= 0.6 is 0 Å². The number of allylic oxidation sites excluding steroid dienone is 1. The summed E-state index contributed by atoms with van der Waals surface area (Å²) in [5.74, 6) is -0.676. The SMILES string of the molecule is C=C(C#N)C(=O)c1ccccc1O. The van der Waals surface area contributed by atoms with Crippen molar-refractivity contribution in [1.82, 2.24) is 0 Å². The maximum Gasteiger partial charge on any atom is 0.206 e. The van der Waals surface area contributed by atoms with Gasteiger partial charge < -0.3 is 5.11 Å². The number of benzene rings is 1. The summed E-state index contributed by atoms with van der Waals surface area (Å²) in [5.41, 5.74) is -0.0736. The number of hydrogen-bond donors (Lipinski definition) is 1. The molecular weight excluding hydrogens is 166 g/mol. The molecule has 0 amide bonds. The molecule has 0 radical (unpaired) electrons. The summed E-state index contributed by atoms with van der Waals surface area (Å²) in [5, 5.41) is 17.7. The van der Waals surface area contributed by atoms with Crippen LogP contribution in [-0.4, -0.2) is 10.9 Å². The summed E-state index contributed by atoms with van der Waals surface area (Å²) in [4.78, 5) is 11.3. The lowest BCUT2D eigenvalue weighted by molar-refractivity contribution is 0.103. The van der Waals surface area contributed by atoms with E-state index < -0.39 is 5.78 Å². The molecule has 0 aromatic heterocycles. The third-order valence-electron chi connectivity index (χ3n) is 1.56. The number of nitriles is 1. The third kappa shape index (κ3) is 1.74. The lowest BCUT2D eigenvalue weighted by atomic mass is 10.1. The van der Waals surface area contributed by atoms with Gasteiger partial charge in [0.2, 0.25) is 5.78 Å². The van der Waals surface area contributed by atoms with Gasteiger partial charge >= 0.3 is 0 Å². The number of Topliss-reactive ketones (excluding diaryl/α,β-unsaturated/α-hetero) is 1. The minimum Gasteiger partial charge on any atom is -0.507 e. The molecule has 0 spiro atoms. The molecule has 0 saturated carbocycles. The monoisotopic (exact) mass is 173 g/mol. The van der Waals surface area contributed by atoms with E-state index in [1.807, 2.05) is 0 Å². The Bertz CT molecular complexity index is 402. The zero-order valence-electron chi connectivity index (χ0n) is 6.82. The molecule has 0 aliphatic rings. The number of nitrogens with zero attached hydrogens (tertiary/aromatic N) is 1. The first-order valence-corrected chi connectivity index (χ1v) is 3.58. The predicted molar refractivity (Wildman–Crippen MR) is 47.2 cm³/mol. The lowest BCUT2D eigenvalue weighted by Gasteiger charge is -1.99. The Hall–Kier alpha value is -2.08. The molecule has 0 aliphatic carbocycles. The van der Waals surface area contributed by atoms with Crippen LogP contribution in [0.25, 0.3) is 0 Å². The Balaban J connectivity index is 3.11. The van der Waals surface area contributed by atoms with Crippen LogP contribution in [0.4, 0.5) is 0 Å². The van der Waals surface area contributed by atoms with Crippen molar-refractivity contribution in [2.45, 2.75) is 0 Å². The topological polar surface area (TPSA) is 61.1 Å². The van der Waals surface area contributed by atoms with Crippen LogP contribution in [0, 0.1) is 11.3 Å². The van der Waals surface area contributed by atoms with Crippen molar-refractivity contribution in [3.05, 3.63) is 42.0 Å². The van der Waals surface area contributed by atoms with E-state index >= 15 is 0 Å². The molecule has 64 valence electrons. The van der Waals surface area contributed by atoms with E-state index in [-0.39, 0.29) is 16.9 Å². The van der Waals surface area contributed by atoms with Crippen LogP contribution in [0.5, 0.6) is 5.75 Å². The van der Waals surface area contributed by atoms with Gasteiger partial charge in [-0.2, -0.15) is 5.26 Å². The fraction of sp³-hybridized carbons (Fsp3) is 0. The number of ketones is 1. The van der Waals surface area contributed by atoms with E-state index in [2.05, 4.69) is 6.58 Å². The minimum absolute atomic E-state index is 0.106. The van der Waals surface area contributed by atoms with Crippen LogP contribution < -0.4 is 0 Å². The fourth-order valence-corrected chi connectivity index (χ4v) is 0.879. The van der Waals surface area contributed by atoms with Crippen molar-refractivity contribution in [2.24, 2.45) is 0 Å². The zero-order chi connectivity index (χ0) is 9.84. The van der Waals surface area contributed by atoms with Gasteiger partial charge in [-0.15, -0.1) is 0 Å². The van der Waals surface area contributed by atoms with Crippen molar-refractivity contribution in [2.75, 3.05) is 0 Å². The van der Waals surface area contributed by atoms with Gasteiger partial charge in [0.05, 0.1) is 11.1 Å². The molecule has 13 heavy (non-hydrogen) atoms. The first kappa shape index (κ1) is 9.01. The highest BCUT2D eigenvalue weighted by molar-refractivity contribution is 6.12.